The minimum atomic E-state index is -0.431. The molecule has 0 atom stereocenters. The SMILES string of the molecule is CC(=O)c1ccc(F)cc1OCc1cncn1C. The van der Waals surface area contributed by atoms with Crippen LogP contribution in [-0.2, 0) is 13.7 Å². The van der Waals surface area contributed by atoms with Crippen molar-refractivity contribution in [2.75, 3.05) is 0 Å². The third-order valence-corrected chi connectivity index (χ3v) is 2.61. The molecule has 0 aliphatic heterocycles. The fourth-order valence-electron chi connectivity index (χ4n) is 1.58. The summed E-state index contributed by atoms with van der Waals surface area (Å²) >= 11 is 0. The maximum Gasteiger partial charge on any atom is 0.163 e. The molecule has 0 amide bonds. The van der Waals surface area contributed by atoms with Gasteiger partial charge in [-0.2, -0.15) is 0 Å². The van der Waals surface area contributed by atoms with E-state index in [9.17, 15) is 9.18 Å². The average Bonchev–Trinajstić information content (AvgIpc) is 2.72. The molecule has 0 saturated heterocycles. The number of benzene rings is 1. The Balaban J connectivity index is 2.20. The van der Waals surface area contributed by atoms with E-state index in [0.29, 0.717) is 5.56 Å². The Morgan fingerprint density at radius 3 is 2.89 bits per heavy atom. The molecule has 2 aromatic rings. The molecule has 94 valence electrons. The smallest absolute Gasteiger partial charge is 0.163 e. The van der Waals surface area contributed by atoms with Gasteiger partial charge in [0.1, 0.15) is 18.2 Å². The number of aryl methyl sites for hydroxylation is 1. The van der Waals surface area contributed by atoms with Crippen molar-refractivity contribution in [2.45, 2.75) is 13.5 Å². The maximum atomic E-state index is 13.1. The van der Waals surface area contributed by atoms with Gasteiger partial charge in [0, 0.05) is 13.1 Å². The first kappa shape index (κ1) is 12.3. The largest absolute Gasteiger partial charge is 0.486 e. The number of halogens is 1. The van der Waals surface area contributed by atoms with Crippen LogP contribution in [-0.4, -0.2) is 15.3 Å². The van der Waals surface area contributed by atoms with Gasteiger partial charge in [-0.15, -0.1) is 0 Å². The topological polar surface area (TPSA) is 44.1 Å². The van der Waals surface area contributed by atoms with E-state index >= 15 is 0 Å². The van der Waals surface area contributed by atoms with E-state index in [0.717, 1.165) is 5.69 Å². The van der Waals surface area contributed by atoms with E-state index in [4.69, 9.17) is 4.74 Å². The molecule has 0 bridgehead atoms. The van der Waals surface area contributed by atoms with Crippen LogP contribution in [0.3, 0.4) is 0 Å². The summed E-state index contributed by atoms with van der Waals surface area (Å²) in [5.41, 5.74) is 1.22. The Hall–Kier alpha value is -2.17. The van der Waals surface area contributed by atoms with Crippen molar-refractivity contribution in [3.05, 3.63) is 47.8 Å². The lowest BCUT2D eigenvalue weighted by molar-refractivity contribution is 0.101. The number of rotatable bonds is 4. The van der Waals surface area contributed by atoms with Crippen molar-refractivity contribution >= 4 is 5.78 Å². The van der Waals surface area contributed by atoms with Gasteiger partial charge < -0.3 is 9.30 Å². The normalized spacial score (nSPS) is 10.4. The molecule has 0 aliphatic carbocycles. The summed E-state index contributed by atoms with van der Waals surface area (Å²) in [5, 5.41) is 0. The standard InChI is InChI=1S/C13H13FN2O2/c1-9(17)12-4-3-10(14)5-13(12)18-7-11-6-15-8-16(11)2/h3-6,8H,7H2,1-2H3. The number of aromatic nitrogens is 2. The average molecular weight is 248 g/mol. The highest BCUT2D eigenvalue weighted by Gasteiger charge is 2.10. The first-order chi connectivity index (χ1) is 8.58. The van der Waals surface area contributed by atoms with E-state index in [2.05, 4.69) is 4.98 Å². The van der Waals surface area contributed by atoms with Crippen LogP contribution in [0.25, 0.3) is 0 Å². The van der Waals surface area contributed by atoms with Crippen LogP contribution in [0.1, 0.15) is 23.0 Å². The molecule has 1 aromatic carbocycles. The van der Waals surface area contributed by atoms with Crippen molar-refractivity contribution in [1.29, 1.82) is 0 Å². The van der Waals surface area contributed by atoms with Gasteiger partial charge in [-0.3, -0.25) is 4.79 Å². The third kappa shape index (κ3) is 2.56. The zero-order valence-corrected chi connectivity index (χ0v) is 10.2. The minimum absolute atomic E-state index is 0.157. The van der Waals surface area contributed by atoms with Gasteiger partial charge in [0.15, 0.2) is 5.78 Å². The third-order valence-electron chi connectivity index (χ3n) is 2.61. The number of hydrogen-bond acceptors (Lipinski definition) is 3. The summed E-state index contributed by atoms with van der Waals surface area (Å²) < 4.78 is 20.4. The molecule has 1 aromatic heterocycles. The summed E-state index contributed by atoms with van der Waals surface area (Å²) in [7, 11) is 1.84. The number of carbonyl (C=O) groups excluding carboxylic acids is 1. The quantitative estimate of drug-likeness (QED) is 0.780. The zero-order chi connectivity index (χ0) is 13.1. The van der Waals surface area contributed by atoms with Crippen LogP contribution in [0.15, 0.2) is 30.7 Å². The summed E-state index contributed by atoms with van der Waals surface area (Å²) in [6.45, 7) is 1.66. The molecule has 0 fully saturated rings. The first-order valence-corrected chi connectivity index (χ1v) is 5.46. The molecule has 0 unspecified atom stereocenters. The number of carbonyl (C=O) groups is 1. The highest BCUT2D eigenvalue weighted by Crippen LogP contribution is 2.21. The van der Waals surface area contributed by atoms with Crippen LogP contribution in [0.2, 0.25) is 0 Å². The fourth-order valence-corrected chi connectivity index (χ4v) is 1.58. The number of nitrogens with zero attached hydrogens (tertiary/aromatic N) is 2. The molecule has 1 heterocycles. The Bertz CT molecular complexity index is 578. The number of Topliss-reactive ketones (excluding diaryl/α,β-unsaturated/α-hetero) is 1. The number of imidazole rings is 1. The molecule has 0 spiro atoms. The zero-order valence-electron chi connectivity index (χ0n) is 10.2. The number of hydrogen-bond donors (Lipinski definition) is 0. The van der Waals surface area contributed by atoms with Crippen LogP contribution >= 0.6 is 0 Å². The molecule has 4 nitrogen and oxygen atoms in total. The summed E-state index contributed by atoms with van der Waals surface area (Å²) in [4.78, 5) is 15.3. The van der Waals surface area contributed by atoms with Gasteiger partial charge in [-0.1, -0.05) is 0 Å². The summed E-state index contributed by atoms with van der Waals surface area (Å²) in [6, 6.07) is 3.89. The highest BCUT2D eigenvalue weighted by molar-refractivity contribution is 5.96. The Morgan fingerprint density at radius 1 is 1.50 bits per heavy atom. The van der Waals surface area contributed by atoms with E-state index < -0.39 is 5.82 Å². The van der Waals surface area contributed by atoms with Crippen molar-refractivity contribution < 1.29 is 13.9 Å². The van der Waals surface area contributed by atoms with E-state index in [1.165, 1.54) is 25.1 Å². The van der Waals surface area contributed by atoms with Gasteiger partial charge in [0.2, 0.25) is 0 Å². The van der Waals surface area contributed by atoms with Gasteiger partial charge in [0.25, 0.3) is 0 Å². The second-order valence-corrected chi connectivity index (χ2v) is 3.98. The van der Waals surface area contributed by atoms with Gasteiger partial charge in [0.05, 0.1) is 23.8 Å². The lowest BCUT2D eigenvalue weighted by Crippen LogP contribution is -2.05. The lowest BCUT2D eigenvalue weighted by atomic mass is 10.1. The van der Waals surface area contributed by atoms with Crippen molar-refractivity contribution in [3.8, 4) is 5.75 Å². The van der Waals surface area contributed by atoms with Gasteiger partial charge >= 0.3 is 0 Å². The summed E-state index contributed by atoms with van der Waals surface area (Å²) in [5.74, 6) is -0.335. The van der Waals surface area contributed by atoms with E-state index in [1.54, 1.807) is 17.1 Å². The maximum absolute atomic E-state index is 13.1. The highest BCUT2D eigenvalue weighted by atomic mass is 19.1. The number of ketones is 1. The second kappa shape index (κ2) is 5.00. The van der Waals surface area contributed by atoms with E-state index in [1.807, 2.05) is 7.05 Å². The molecular formula is C13H13FN2O2. The van der Waals surface area contributed by atoms with Crippen molar-refractivity contribution in [3.63, 3.8) is 0 Å². The first-order valence-electron chi connectivity index (χ1n) is 5.46. The molecule has 0 radical (unpaired) electrons. The van der Waals surface area contributed by atoms with Crippen LogP contribution in [0, 0.1) is 5.82 Å². The Labute approximate surface area is 104 Å². The van der Waals surface area contributed by atoms with Crippen LogP contribution in [0.4, 0.5) is 4.39 Å². The fraction of sp³-hybridized carbons (Fsp3) is 0.231. The minimum Gasteiger partial charge on any atom is -0.486 e. The number of ether oxygens (including phenoxy) is 1. The van der Waals surface area contributed by atoms with Crippen LogP contribution < -0.4 is 4.74 Å². The molecule has 0 aliphatic rings. The predicted octanol–water partition coefficient (Wildman–Crippen LogP) is 2.34. The van der Waals surface area contributed by atoms with Gasteiger partial charge in [-0.25, -0.2) is 9.37 Å². The Kier molecular flexibility index (Phi) is 3.41. The molecule has 0 N–H and O–H groups in total. The molecule has 18 heavy (non-hydrogen) atoms. The van der Waals surface area contributed by atoms with Gasteiger partial charge in [-0.05, 0) is 19.1 Å². The lowest BCUT2D eigenvalue weighted by Gasteiger charge is -2.10. The molecular weight excluding hydrogens is 235 g/mol. The van der Waals surface area contributed by atoms with Crippen molar-refractivity contribution in [1.82, 2.24) is 9.55 Å². The van der Waals surface area contributed by atoms with E-state index in [-0.39, 0.29) is 18.1 Å². The molecule has 5 heteroatoms. The van der Waals surface area contributed by atoms with Crippen LogP contribution in [0.5, 0.6) is 5.75 Å². The summed E-state index contributed by atoms with van der Waals surface area (Å²) in [6.07, 6.45) is 3.31. The molecule has 2 rings (SSSR count). The second-order valence-electron chi connectivity index (χ2n) is 3.98. The Morgan fingerprint density at radius 2 is 2.28 bits per heavy atom. The van der Waals surface area contributed by atoms with Crippen molar-refractivity contribution in [2.24, 2.45) is 7.05 Å². The monoisotopic (exact) mass is 248 g/mol. The predicted molar refractivity (Wildman–Crippen MR) is 63.9 cm³/mol. The molecule has 0 saturated carbocycles.